The number of aromatic nitrogens is 3. The second-order valence-corrected chi connectivity index (χ2v) is 8.49. The van der Waals surface area contributed by atoms with Crippen LogP contribution in [0.4, 0.5) is 4.39 Å². The van der Waals surface area contributed by atoms with Crippen molar-refractivity contribution in [3.05, 3.63) is 12.4 Å². The van der Waals surface area contributed by atoms with Crippen LogP contribution in [-0.4, -0.2) is 62.9 Å². The maximum absolute atomic E-state index is 14.2. The summed E-state index contributed by atoms with van der Waals surface area (Å²) < 4.78 is 41.7. The van der Waals surface area contributed by atoms with Crippen LogP contribution >= 0.6 is 0 Å². The maximum atomic E-state index is 14.2. The number of hydrogen-bond donors (Lipinski definition) is 1. The molecule has 9 heteroatoms. The zero-order valence-electron chi connectivity index (χ0n) is 12.4. The SMILES string of the molecule is O=S(=O)(CC1(F)CCC1)N1CCCC(O)(Cn2ccnn2)C1. The largest absolute Gasteiger partial charge is 0.387 e. The van der Waals surface area contributed by atoms with Crippen molar-refractivity contribution in [2.24, 2.45) is 0 Å². The molecule has 2 fully saturated rings. The molecule has 1 unspecified atom stereocenters. The molecule has 0 radical (unpaired) electrons. The average molecular weight is 332 g/mol. The Morgan fingerprint density at radius 1 is 1.27 bits per heavy atom. The first-order valence-corrected chi connectivity index (χ1v) is 9.15. The lowest BCUT2D eigenvalue weighted by Gasteiger charge is -2.40. The molecule has 2 heterocycles. The lowest BCUT2D eigenvalue weighted by atomic mass is 9.84. The van der Waals surface area contributed by atoms with Gasteiger partial charge in [-0.2, -0.15) is 4.31 Å². The Bertz CT molecular complexity index is 617. The van der Waals surface area contributed by atoms with Crippen LogP contribution < -0.4 is 0 Å². The molecule has 3 rings (SSSR count). The van der Waals surface area contributed by atoms with E-state index in [-0.39, 0.29) is 13.1 Å². The first-order valence-electron chi connectivity index (χ1n) is 7.54. The lowest BCUT2D eigenvalue weighted by molar-refractivity contribution is -0.0254. The van der Waals surface area contributed by atoms with Gasteiger partial charge in [0.05, 0.1) is 24.1 Å². The minimum Gasteiger partial charge on any atom is -0.387 e. The Kier molecular flexibility index (Phi) is 3.98. The molecule has 0 amide bonds. The van der Waals surface area contributed by atoms with E-state index in [2.05, 4.69) is 10.3 Å². The van der Waals surface area contributed by atoms with Crippen LogP contribution in [0, 0.1) is 0 Å². The van der Waals surface area contributed by atoms with Gasteiger partial charge in [0.15, 0.2) is 0 Å². The highest BCUT2D eigenvalue weighted by Crippen LogP contribution is 2.38. The third kappa shape index (κ3) is 3.31. The van der Waals surface area contributed by atoms with E-state index in [0.29, 0.717) is 32.2 Å². The summed E-state index contributed by atoms with van der Waals surface area (Å²) in [7, 11) is -3.70. The van der Waals surface area contributed by atoms with Crippen molar-refractivity contribution < 1.29 is 17.9 Å². The van der Waals surface area contributed by atoms with Crippen molar-refractivity contribution in [1.29, 1.82) is 0 Å². The Hall–Kier alpha value is -1.06. The summed E-state index contributed by atoms with van der Waals surface area (Å²) in [5, 5.41) is 18.1. The van der Waals surface area contributed by atoms with Crippen LogP contribution in [0.3, 0.4) is 0 Å². The molecule has 1 aliphatic carbocycles. The van der Waals surface area contributed by atoms with Crippen LogP contribution in [-0.2, 0) is 16.6 Å². The Morgan fingerprint density at radius 3 is 2.64 bits per heavy atom. The lowest BCUT2D eigenvalue weighted by Crippen LogP contribution is -2.54. The van der Waals surface area contributed by atoms with E-state index in [9.17, 15) is 17.9 Å². The van der Waals surface area contributed by atoms with Gasteiger partial charge in [-0.05, 0) is 32.1 Å². The maximum Gasteiger partial charge on any atom is 0.217 e. The quantitative estimate of drug-likeness (QED) is 0.839. The fourth-order valence-corrected chi connectivity index (χ4v) is 5.15. The standard InChI is InChI=1S/C13H21FN4O3S/c14-12(3-1-4-12)11-22(20,21)18-7-2-5-13(19,10-18)9-17-8-6-15-16-17/h6,8,19H,1-5,7,9-11H2. The third-order valence-electron chi connectivity index (χ3n) is 4.53. The molecular formula is C13H21FN4O3S. The summed E-state index contributed by atoms with van der Waals surface area (Å²) in [6.45, 7) is 0.489. The molecule has 7 nitrogen and oxygen atoms in total. The van der Waals surface area contributed by atoms with Crippen LogP contribution in [0.1, 0.15) is 32.1 Å². The summed E-state index contributed by atoms with van der Waals surface area (Å²) >= 11 is 0. The molecule has 0 spiro atoms. The van der Waals surface area contributed by atoms with E-state index in [1.54, 1.807) is 6.20 Å². The molecule has 1 atom stereocenters. The summed E-state index contributed by atoms with van der Waals surface area (Å²) in [6.07, 6.45) is 5.51. The van der Waals surface area contributed by atoms with Crippen molar-refractivity contribution in [3.63, 3.8) is 0 Å². The second-order valence-electron chi connectivity index (χ2n) is 6.52. The van der Waals surface area contributed by atoms with Crippen LogP contribution in [0.15, 0.2) is 12.4 Å². The number of alkyl halides is 1. The van der Waals surface area contributed by atoms with Gasteiger partial charge >= 0.3 is 0 Å². The van der Waals surface area contributed by atoms with Gasteiger partial charge in [-0.3, -0.25) is 0 Å². The van der Waals surface area contributed by atoms with E-state index < -0.39 is 27.0 Å². The second kappa shape index (κ2) is 5.54. The number of aliphatic hydroxyl groups is 1. The van der Waals surface area contributed by atoms with Crippen LogP contribution in [0.2, 0.25) is 0 Å². The number of hydrogen-bond acceptors (Lipinski definition) is 5. The average Bonchev–Trinajstić information content (AvgIpc) is 2.88. The minimum atomic E-state index is -3.70. The van der Waals surface area contributed by atoms with E-state index in [1.165, 1.54) is 15.2 Å². The zero-order valence-corrected chi connectivity index (χ0v) is 13.2. The summed E-state index contributed by atoms with van der Waals surface area (Å²) in [5.41, 5.74) is -2.78. The van der Waals surface area contributed by atoms with E-state index >= 15 is 0 Å². The van der Waals surface area contributed by atoms with E-state index in [1.807, 2.05) is 0 Å². The molecular weight excluding hydrogens is 311 g/mol. The summed E-state index contributed by atoms with van der Waals surface area (Å²) in [6, 6.07) is 0. The van der Waals surface area contributed by atoms with E-state index in [4.69, 9.17) is 0 Å². The molecule has 2 aliphatic rings. The van der Waals surface area contributed by atoms with Crippen molar-refractivity contribution >= 4 is 10.0 Å². The minimum absolute atomic E-state index is 0.0225. The van der Waals surface area contributed by atoms with Gasteiger partial charge < -0.3 is 5.11 Å². The highest BCUT2D eigenvalue weighted by atomic mass is 32.2. The van der Waals surface area contributed by atoms with E-state index in [0.717, 1.165) is 6.42 Å². The molecule has 1 aromatic heterocycles. The normalized spacial score (nSPS) is 29.2. The Balaban J connectivity index is 1.69. The van der Waals surface area contributed by atoms with Crippen molar-refractivity contribution in [2.75, 3.05) is 18.8 Å². The zero-order chi connectivity index (χ0) is 15.8. The third-order valence-corrected chi connectivity index (χ3v) is 6.51. The van der Waals surface area contributed by atoms with Crippen molar-refractivity contribution in [1.82, 2.24) is 19.3 Å². The number of nitrogens with zero attached hydrogens (tertiary/aromatic N) is 4. The van der Waals surface area contributed by atoms with Crippen LogP contribution in [0.5, 0.6) is 0 Å². The summed E-state index contributed by atoms with van der Waals surface area (Å²) in [4.78, 5) is 0. The van der Waals surface area contributed by atoms with Gasteiger partial charge in [0.2, 0.25) is 10.0 Å². The van der Waals surface area contributed by atoms with Gasteiger partial charge in [-0.15, -0.1) is 5.10 Å². The van der Waals surface area contributed by atoms with Gasteiger partial charge in [0.1, 0.15) is 5.67 Å². The van der Waals surface area contributed by atoms with Crippen LogP contribution in [0.25, 0.3) is 0 Å². The summed E-state index contributed by atoms with van der Waals surface area (Å²) in [5.74, 6) is -0.473. The Labute approximate surface area is 129 Å². The topological polar surface area (TPSA) is 88.3 Å². The van der Waals surface area contributed by atoms with Crippen molar-refractivity contribution in [2.45, 2.75) is 49.9 Å². The molecule has 22 heavy (non-hydrogen) atoms. The highest BCUT2D eigenvalue weighted by Gasteiger charge is 2.45. The first-order chi connectivity index (χ1) is 10.3. The fourth-order valence-electron chi connectivity index (χ4n) is 3.18. The smallest absolute Gasteiger partial charge is 0.217 e. The number of piperidine rings is 1. The molecule has 0 bridgehead atoms. The monoisotopic (exact) mass is 332 g/mol. The number of halogens is 1. The first kappa shape index (κ1) is 15.8. The molecule has 1 saturated heterocycles. The highest BCUT2D eigenvalue weighted by molar-refractivity contribution is 7.89. The number of sulfonamides is 1. The predicted octanol–water partition coefficient (Wildman–Crippen LogP) is 0.327. The van der Waals surface area contributed by atoms with Gasteiger partial charge in [0.25, 0.3) is 0 Å². The molecule has 0 aromatic carbocycles. The molecule has 124 valence electrons. The number of β-amino-alcohol motifs (C(OH)–C–C–N with tert-alkyl or cyclic N) is 1. The number of rotatable bonds is 5. The molecule has 1 saturated carbocycles. The van der Waals surface area contributed by atoms with Gasteiger partial charge in [-0.1, -0.05) is 5.21 Å². The van der Waals surface area contributed by atoms with Gasteiger partial charge in [-0.25, -0.2) is 17.5 Å². The molecule has 1 aliphatic heterocycles. The van der Waals surface area contributed by atoms with Gasteiger partial charge in [0, 0.05) is 19.3 Å². The van der Waals surface area contributed by atoms with Crippen molar-refractivity contribution in [3.8, 4) is 0 Å². The Morgan fingerprint density at radius 2 is 2.05 bits per heavy atom. The predicted molar refractivity (Wildman–Crippen MR) is 77.3 cm³/mol. The molecule has 1 aromatic rings. The molecule has 1 N–H and O–H groups in total. The fraction of sp³-hybridized carbons (Fsp3) is 0.846.